The van der Waals surface area contributed by atoms with Crippen LogP contribution in [0.4, 0.5) is 5.69 Å². The van der Waals surface area contributed by atoms with Crippen LogP contribution >= 0.6 is 0 Å². The number of hydrogen-bond donors (Lipinski definition) is 2. The van der Waals surface area contributed by atoms with Crippen molar-refractivity contribution in [3.05, 3.63) is 48.3 Å². The minimum Gasteiger partial charge on any atom is -0.396 e. The van der Waals surface area contributed by atoms with Crippen LogP contribution < -0.4 is 11.1 Å². The minimum absolute atomic E-state index is 0.292. The lowest BCUT2D eigenvalue weighted by atomic mass is 9.86. The number of hydrogen-bond acceptors (Lipinski definition) is 3. The molecule has 100 valence electrons. The number of nitrogen functional groups attached to an aromatic ring is 1. The largest absolute Gasteiger partial charge is 0.396 e. The molecule has 3 rings (SSSR count). The van der Waals surface area contributed by atoms with Gasteiger partial charge in [0.15, 0.2) is 0 Å². The van der Waals surface area contributed by atoms with Crippen molar-refractivity contribution in [2.24, 2.45) is 5.92 Å². The molecular weight excluding hydrogens is 236 g/mol. The average Bonchev–Trinajstić information content (AvgIpc) is 2.88. The van der Waals surface area contributed by atoms with Crippen molar-refractivity contribution < 1.29 is 0 Å². The maximum Gasteiger partial charge on any atom is 0.0798 e. The third kappa shape index (κ3) is 2.63. The first kappa shape index (κ1) is 12.2. The summed E-state index contributed by atoms with van der Waals surface area (Å²) in [6.07, 6.45) is 6.04. The van der Waals surface area contributed by atoms with Gasteiger partial charge in [-0.1, -0.05) is 30.3 Å². The second kappa shape index (κ2) is 5.45. The molecule has 1 atom stereocenters. The van der Waals surface area contributed by atoms with E-state index < -0.39 is 0 Å². The predicted molar refractivity (Wildman–Crippen MR) is 76.8 cm³/mol. The number of nitrogens with one attached hydrogen (secondary N) is 1. The lowest BCUT2D eigenvalue weighted by molar-refractivity contribution is 0.277. The van der Waals surface area contributed by atoms with Crippen LogP contribution in [0.2, 0.25) is 0 Å². The Morgan fingerprint density at radius 3 is 2.58 bits per heavy atom. The Kier molecular flexibility index (Phi) is 3.51. The number of benzene rings is 1. The Morgan fingerprint density at radius 2 is 1.95 bits per heavy atom. The number of aromatic nitrogens is 2. The minimum atomic E-state index is 0.292. The lowest BCUT2D eigenvalue weighted by Gasteiger charge is -2.31. The maximum atomic E-state index is 5.83. The maximum absolute atomic E-state index is 5.83. The summed E-state index contributed by atoms with van der Waals surface area (Å²) in [5.41, 5.74) is 7.88. The van der Waals surface area contributed by atoms with Gasteiger partial charge in [0.25, 0.3) is 0 Å². The molecule has 0 amide bonds. The quantitative estimate of drug-likeness (QED) is 0.883. The van der Waals surface area contributed by atoms with Crippen molar-refractivity contribution >= 4 is 5.69 Å². The van der Waals surface area contributed by atoms with Crippen LogP contribution in [-0.4, -0.2) is 22.9 Å². The van der Waals surface area contributed by atoms with E-state index in [1.165, 1.54) is 18.4 Å². The summed E-state index contributed by atoms with van der Waals surface area (Å²) in [5, 5.41) is 7.86. The summed E-state index contributed by atoms with van der Waals surface area (Å²) in [4.78, 5) is 0. The van der Waals surface area contributed by atoms with Crippen LogP contribution in [0.15, 0.2) is 42.7 Å². The molecule has 1 unspecified atom stereocenters. The van der Waals surface area contributed by atoms with Gasteiger partial charge in [-0.3, -0.25) is 4.68 Å². The second-order valence-corrected chi connectivity index (χ2v) is 5.20. The zero-order valence-electron chi connectivity index (χ0n) is 11.0. The van der Waals surface area contributed by atoms with E-state index in [0.717, 1.165) is 18.8 Å². The van der Waals surface area contributed by atoms with Crippen LogP contribution in [0.5, 0.6) is 0 Å². The van der Waals surface area contributed by atoms with Gasteiger partial charge in [0.1, 0.15) is 0 Å². The third-order valence-corrected chi connectivity index (χ3v) is 3.88. The SMILES string of the molecule is Nc1cnn(C(c2ccccc2)C2CCNCC2)c1. The molecule has 0 bridgehead atoms. The van der Waals surface area contributed by atoms with E-state index in [4.69, 9.17) is 5.73 Å². The molecule has 0 radical (unpaired) electrons. The first-order valence-corrected chi connectivity index (χ1v) is 6.90. The molecule has 0 spiro atoms. The summed E-state index contributed by atoms with van der Waals surface area (Å²) < 4.78 is 2.03. The molecule has 1 aromatic heterocycles. The molecule has 3 N–H and O–H groups in total. The van der Waals surface area contributed by atoms with Gasteiger partial charge < -0.3 is 11.1 Å². The average molecular weight is 256 g/mol. The summed E-state index contributed by atoms with van der Waals surface area (Å²) in [6.45, 7) is 2.18. The van der Waals surface area contributed by atoms with Crippen LogP contribution in [0.25, 0.3) is 0 Å². The zero-order valence-corrected chi connectivity index (χ0v) is 11.0. The third-order valence-electron chi connectivity index (χ3n) is 3.88. The Balaban J connectivity index is 1.95. The number of rotatable bonds is 3. The number of nitrogens with two attached hydrogens (primary N) is 1. The van der Waals surface area contributed by atoms with Gasteiger partial charge in [-0.2, -0.15) is 5.10 Å². The summed E-state index contributed by atoms with van der Waals surface area (Å²) in [5.74, 6) is 0.614. The topological polar surface area (TPSA) is 55.9 Å². The van der Waals surface area contributed by atoms with Crippen molar-refractivity contribution in [3.8, 4) is 0 Å². The van der Waals surface area contributed by atoms with E-state index in [1.54, 1.807) is 6.20 Å². The normalized spacial score (nSPS) is 18.3. The van der Waals surface area contributed by atoms with Crippen molar-refractivity contribution in [2.45, 2.75) is 18.9 Å². The highest BCUT2D eigenvalue weighted by Crippen LogP contribution is 2.32. The Labute approximate surface area is 113 Å². The first-order valence-electron chi connectivity index (χ1n) is 6.90. The van der Waals surface area contributed by atoms with E-state index in [0.29, 0.717) is 12.0 Å². The summed E-state index contributed by atoms with van der Waals surface area (Å²) >= 11 is 0. The molecule has 2 heterocycles. The number of piperidine rings is 1. The van der Waals surface area contributed by atoms with Crippen molar-refractivity contribution in [1.29, 1.82) is 0 Å². The molecule has 4 heteroatoms. The Morgan fingerprint density at radius 1 is 1.21 bits per heavy atom. The molecule has 1 aromatic carbocycles. The van der Waals surface area contributed by atoms with E-state index in [9.17, 15) is 0 Å². The van der Waals surface area contributed by atoms with Crippen LogP contribution in [0.1, 0.15) is 24.4 Å². The van der Waals surface area contributed by atoms with Crippen LogP contribution in [-0.2, 0) is 0 Å². The Hall–Kier alpha value is -1.81. The van der Waals surface area contributed by atoms with E-state index >= 15 is 0 Å². The van der Waals surface area contributed by atoms with Crippen molar-refractivity contribution in [1.82, 2.24) is 15.1 Å². The molecule has 2 aromatic rings. The molecule has 4 nitrogen and oxygen atoms in total. The molecule has 1 aliphatic heterocycles. The van der Waals surface area contributed by atoms with Gasteiger partial charge in [0.2, 0.25) is 0 Å². The van der Waals surface area contributed by atoms with Gasteiger partial charge in [0, 0.05) is 6.20 Å². The molecule has 1 saturated heterocycles. The van der Waals surface area contributed by atoms with E-state index in [-0.39, 0.29) is 0 Å². The fraction of sp³-hybridized carbons (Fsp3) is 0.400. The summed E-state index contributed by atoms with van der Waals surface area (Å²) in [7, 11) is 0. The highest BCUT2D eigenvalue weighted by Gasteiger charge is 2.26. The fourth-order valence-electron chi connectivity index (χ4n) is 2.96. The second-order valence-electron chi connectivity index (χ2n) is 5.20. The van der Waals surface area contributed by atoms with Gasteiger partial charge in [0.05, 0.1) is 17.9 Å². The molecule has 0 aliphatic carbocycles. The fourth-order valence-corrected chi connectivity index (χ4v) is 2.96. The standard InChI is InChI=1S/C15H20N4/c16-14-10-18-19(11-14)15(12-4-2-1-3-5-12)13-6-8-17-9-7-13/h1-5,10-11,13,15,17H,6-9,16H2. The van der Waals surface area contributed by atoms with E-state index in [2.05, 4.69) is 40.7 Å². The lowest BCUT2D eigenvalue weighted by Crippen LogP contribution is -2.33. The predicted octanol–water partition coefficient (Wildman–Crippen LogP) is 2.05. The zero-order chi connectivity index (χ0) is 13.1. The Bertz CT molecular complexity index is 514. The van der Waals surface area contributed by atoms with E-state index in [1.807, 2.05) is 10.9 Å². The molecular formula is C15H20N4. The van der Waals surface area contributed by atoms with Crippen LogP contribution in [0, 0.1) is 5.92 Å². The molecule has 1 fully saturated rings. The first-order chi connectivity index (χ1) is 9.34. The van der Waals surface area contributed by atoms with Crippen molar-refractivity contribution in [2.75, 3.05) is 18.8 Å². The highest BCUT2D eigenvalue weighted by atomic mass is 15.3. The highest BCUT2D eigenvalue weighted by molar-refractivity contribution is 5.32. The smallest absolute Gasteiger partial charge is 0.0798 e. The summed E-state index contributed by atoms with van der Waals surface area (Å²) in [6, 6.07) is 10.9. The van der Waals surface area contributed by atoms with Gasteiger partial charge in [-0.05, 0) is 37.4 Å². The van der Waals surface area contributed by atoms with Gasteiger partial charge >= 0.3 is 0 Å². The number of anilines is 1. The van der Waals surface area contributed by atoms with Gasteiger partial charge in [-0.15, -0.1) is 0 Å². The molecule has 0 saturated carbocycles. The monoisotopic (exact) mass is 256 g/mol. The van der Waals surface area contributed by atoms with Crippen LogP contribution in [0.3, 0.4) is 0 Å². The van der Waals surface area contributed by atoms with Crippen molar-refractivity contribution in [3.63, 3.8) is 0 Å². The molecule has 19 heavy (non-hydrogen) atoms. The molecule has 1 aliphatic rings. The number of nitrogens with zero attached hydrogens (tertiary/aromatic N) is 2. The van der Waals surface area contributed by atoms with Gasteiger partial charge in [-0.25, -0.2) is 0 Å².